The quantitative estimate of drug-likeness (QED) is 0.844. The summed E-state index contributed by atoms with van der Waals surface area (Å²) in [4.78, 5) is 13.4. The van der Waals surface area contributed by atoms with Crippen molar-refractivity contribution in [2.75, 3.05) is 24.7 Å². The molecular weight excluding hydrogens is 244 g/mol. The normalized spacial score (nSPS) is 21.2. The molecule has 5 nitrogen and oxygen atoms in total. The highest BCUT2D eigenvalue weighted by molar-refractivity contribution is 5.84. The molecule has 5 heteroatoms. The van der Waals surface area contributed by atoms with E-state index in [4.69, 9.17) is 10.5 Å². The van der Waals surface area contributed by atoms with Crippen LogP contribution in [0.15, 0.2) is 24.3 Å². The van der Waals surface area contributed by atoms with E-state index in [0.29, 0.717) is 26.2 Å². The fraction of sp³-hybridized carbons (Fsp3) is 0.500. The van der Waals surface area contributed by atoms with Gasteiger partial charge in [-0.25, -0.2) is 0 Å². The molecule has 2 rings (SSSR count). The third-order valence-corrected chi connectivity index (χ3v) is 3.45. The Kier molecular flexibility index (Phi) is 4.39. The number of nitrogens with two attached hydrogens (primary N) is 1. The number of carbonyl (C=O) groups excluding carboxylic acids is 1. The second-order valence-corrected chi connectivity index (χ2v) is 4.70. The highest BCUT2D eigenvalue weighted by atomic mass is 16.5. The summed E-state index contributed by atoms with van der Waals surface area (Å²) >= 11 is 0. The van der Waals surface area contributed by atoms with Crippen LogP contribution in [0, 0.1) is 0 Å². The number of hydrogen-bond donors (Lipinski definition) is 2. The Balaban J connectivity index is 2.18. The molecule has 1 unspecified atom stereocenters. The van der Waals surface area contributed by atoms with Crippen LogP contribution in [0.4, 0.5) is 5.69 Å². The summed E-state index contributed by atoms with van der Waals surface area (Å²) in [5.74, 6) is -0.377. The first-order valence-electron chi connectivity index (χ1n) is 6.55. The van der Waals surface area contributed by atoms with E-state index in [0.717, 1.165) is 11.3 Å². The van der Waals surface area contributed by atoms with E-state index < -0.39 is 12.1 Å². The zero-order valence-corrected chi connectivity index (χ0v) is 11.1. The molecule has 0 aliphatic carbocycles. The Labute approximate surface area is 113 Å². The first kappa shape index (κ1) is 13.8. The van der Waals surface area contributed by atoms with E-state index in [1.54, 1.807) is 0 Å². The molecular formula is C14H20N2O3. The van der Waals surface area contributed by atoms with Crippen LogP contribution in [-0.2, 0) is 9.53 Å². The Hall–Kier alpha value is -1.59. The molecule has 19 heavy (non-hydrogen) atoms. The highest BCUT2D eigenvalue weighted by Gasteiger charge is 2.27. The van der Waals surface area contributed by atoms with Gasteiger partial charge in [-0.1, -0.05) is 19.1 Å². The molecule has 2 atom stereocenters. The smallest absolute Gasteiger partial charge is 0.242 e. The molecule has 0 bridgehead atoms. The molecule has 104 valence electrons. The number of nitrogens with zero attached hydrogens (tertiary/aromatic N) is 1. The van der Waals surface area contributed by atoms with E-state index in [1.807, 2.05) is 36.1 Å². The van der Waals surface area contributed by atoms with E-state index in [1.165, 1.54) is 0 Å². The number of aliphatic hydroxyl groups is 1. The predicted molar refractivity (Wildman–Crippen MR) is 72.8 cm³/mol. The largest absolute Gasteiger partial charge is 0.388 e. The van der Waals surface area contributed by atoms with Crippen molar-refractivity contribution in [1.29, 1.82) is 0 Å². The minimum atomic E-state index is -0.439. The van der Waals surface area contributed by atoms with Gasteiger partial charge in [0.2, 0.25) is 5.91 Å². The average molecular weight is 264 g/mol. The van der Waals surface area contributed by atoms with Gasteiger partial charge < -0.3 is 20.5 Å². The maximum Gasteiger partial charge on any atom is 0.242 e. The summed E-state index contributed by atoms with van der Waals surface area (Å²) in [6, 6.07) is 7.18. The second-order valence-electron chi connectivity index (χ2n) is 4.70. The summed E-state index contributed by atoms with van der Waals surface area (Å²) in [5, 5.41) is 9.76. The lowest BCUT2D eigenvalue weighted by molar-refractivity contribution is -0.121. The summed E-state index contributed by atoms with van der Waals surface area (Å²) < 4.78 is 5.29. The van der Waals surface area contributed by atoms with Gasteiger partial charge in [-0.15, -0.1) is 0 Å². The van der Waals surface area contributed by atoms with Crippen molar-refractivity contribution in [2.24, 2.45) is 5.73 Å². The van der Waals surface area contributed by atoms with Gasteiger partial charge in [0.05, 0.1) is 19.3 Å². The van der Waals surface area contributed by atoms with Crippen molar-refractivity contribution in [3.63, 3.8) is 0 Å². The molecule has 1 fully saturated rings. The highest BCUT2D eigenvalue weighted by Crippen LogP contribution is 2.23. The lowest BCUT2D eigenvalue weighted by atomic mass is 10.1. The average Bonchev–Trinajstić information content (AvgIpc) is 2.46. The minimum absolute atomic E-state index is 0.328. The van der Waals surface area contributed by atoms with E-state index in [-0.39, 0.29) is 5.91 Å². The van der Waals surface area contributed by atoms with Gasteiger partial charge in [-0.2, -0.15) is 0 Å². The number of primary amides is 1. The third kappa shape index (κ3) is 3.05. The zero-order chi connectivity index (χ0) is 13.8. The van der Waals surface area contributed by atoms with Gasteiger partial charge in [0, 0.05) is 12.2 Å². The van der Waals surface area contributed by atoms with Gasteiger partial charge in [-0.3, -0.25) is 4.79 Å². The fourth-order valence-corrected chi connectivity index (χ4v) is 2.27. The molecule has 1 aliphatic rings. The van der Waals surface area contributed by atoms with E-state index in [2.05, 4.69) is 0 Å². The van der Waals surface area contributed by atoms with Gasteiger partial charge in [0.15, 0.2) is 0 Å². The predicted octanol–water partition coefficient (Wildman–Crippen LogP) is 0.820. The molecule has 1 aromatic rings. The van der Waals surface area contributed by atoms with Crippen LogP contribution >= 0.6 is 0 Å². The Morgan fingerprint density at radius 3 is 2.79 bits per heavy atom. The summed E-state index contributed by atoms with van der Waals surface area (Å²) in [5.41, 5.74) is 7.21. The Morgan fingerprint density at radius 2 is 2.21 bits per heavy atom. The van der Waals surface area contributed by atoms with Gasteiger partial charge in [-0.05, 0) is 24.1 Å². The van der Waals surface area contributed by atoms with Crippen LogP contribution in [0.25, 0.3) is 0 Å². The maximum atomic E-state index is 11.4. The van der Waals surface area contributed by atoms with Crippen molar-refractivity contribution in [3.8, 4) is 0 Å². The molecule has 1 aliphatic heterocycles. The Morgan fingerprint density at radius 1 is 1.53 bits per heavy atom. The van der Waals surface area contributed by atoms with E-state index in [9.17, 15) is 9.90 Å². The molecule has 0 radical (unpaired) electrons. The third-order valence-electron chi connectivity index (χ3n) is 3.45. The molecule has 0 spiro atoms. The van der Waals surface area contributed by atoms with Gasteiger partial charge in [0.25, 0.3) is 0 Å². The lowest BCUT2D eigenvalue weighted by Gasteiger charge is -2.35. The Bertz CT molecular complexity index is 433. The molecule has 3 N–H and O–H groups in total. The van der Waals surface area contributed by atoms with Crippen molar-refractivity contribution in [2.45, 2.75) is 25.5 Å². The number of morpholine rings is 1. The number of benzene rings is 1. The first-order chi connectivity index (χ1) is 9.13. The number of aliphatic hydroxyl groups excluding tert-OH is 1. The van der Waals surface area contributed by atoms with Crippen molar-refractivity contribution >= 4 is 11.6 Å². The van der Waals surface area contributed by atoms with Crippen LogP contribution in [0.1, 0.15) is 25.0 Å². The number of hydrogen-bond acceptors (Lipinski definition) is 4. The van der Waals surface area contributed by atoms with Gasteiger partial charge >= 0.3 is 0 Å². The van der Waals surface area contributed by atoms with Crippen LogP contribution in [0.5, 0.6) is 0 Å². The van der Waals surface area contributed by atoms with Crippen LogP contribution in [-0.4, -0.2) is 36.8 Å². The van der Waals surface area contributed by atoms with Crippen molar-refractivity contribution in [1.82, 2.24) is 0 Å². The van der Waals surface area contributed by atoms with Crippen LogP contribution < -0.4 is 10.6 Å². The summed E-state index contributed by atoms with van der Waals surface area (Å²) in [6.07, 6.45) is 0.242. The zero-order valence-electron chi connectivity index (χ0n) is 11.1. The fourth-order valence-electron chi connectivity index (χ4n) is 2.27. The van der Waals surface area contributed by atoms with Crippen molar-refractivity contribution in [3.05, 3.63) is 29.8 Å². The lowest BCUT2D eigenvalue weighted by Crippen LogP contribution is -2.52. The molecule has 1 saturated heterocycles. The number of amides is 1. The first-order valence-corrected chi connectivity index (χ1v) is 6.55. The topological polar surface area (TPSA) is 75.8 Å². The molecule has 0 aromatic heterocycles. The summed E-state index contributed by atoms with van der Waals surface area (Å²) in [6.45, 7) is 3.49. The minimum Gasteiger partial charge on any atom is -0.388 e. The number of rotatable bonds is 4. The number of ether oxygens (including phenoxy) is 1. The SMILES string of the molecule is CC[C@H](O)c1ccc(N2CCOCC2C(N)=O)cc1. The number of anilines is 1. The van der Waals surface area contributed by atoms with Crippen LogP contribution in [0.2, 0.25) is 0 Å². The monoisotopic (exact) mass is 264 g/mol. The number of carbonyl (C=O) groups is 1. The molecule has 1 amide bonds. The van der Waals surface area contributed by atoms with E-state index >= 15 is 0 Å². The van der Waals surface area contributed by atoms with Crippen molar-refractivity contribution < 1.29 is 14.6 Å². The van der Waals surface area contributed by atoms with Crippen LogP contribution in [0.3, 0.4) is 0 Å². The molecule has 0 saturated carbocycles. The maximum absolute atomic E-state index is 11.4. The standard InChI is InChI=1S/C14H20N2O3/c1-2-13(17)10-3-5-11(6-4-10)16-7-8-19-9-12(16)14(15)18/h3-6,12-13,17H,2,7-9H2,1H3,(H2,15,18)/t12?,13-/m0/s1. The second kappa shape index (κ2) is 6.04. The molecule has 1 aromatic carbocycles. The molecule has 1 heterocycles. The van der Waals surface area contributed by atoms with Gasteiger partial charge in [0.1, 0.15) is 6.04 Å². The summed E-state index contributed by atoms with van der Waals surface area (Å²) in [7, 11) is 0.